The smallest absolute Gasteiger partial charge is 0.254 e. The molecule has 1 aliphatic heterocycles. The number of amides is 10. The normalized spacial score (nSPS) is 13.6. The standard InChI is InChI=1S/C55H63F2N13O11/c1-55(2,3)51(43-22-35(38-23-36(56)9-10-39(38)57)29-68(43)28-34-7-5-4-6-8-34)69(50(78)31-71)20-15-40(52(79)62-19-18-61-47(75)30-70-48(76)11-12-49(70)77)66-54(81)42(25-44(58)72)67-53(80)41(24-37-26-60-32-64-37)65-46(74)27-63-45(73)21-33-13-16-59-17-14-33/h4-14,16-17,22-23,26,29,32,40-42,51,71H,15,18-21,24-25,27-28,30-31H2,1-3H3,(H2,58,72)(H,60,64)(H,61,75)(H,62,79)(H,63,73)(H,65,74)(H,66,81)(H,67,80)/t40-,41+,42-,51-/m0/s1. The van der Waals surface area contributed by atoms with Gasteiger partial charge in [-0.05, 0) is 59.4 Å². The quantitative estimate of drug-likeness (QED) is 0.0235. The number of carbonyl (C=O) groups excluding carboxylic acids is 10. The molecule has 0 unspecified atom stereocenters. The summed E-state index contributed by atoms with van der Waals surface area (Å²) in [6.07, 6.45) is 7.73. The van der Waals surface area contributed by atoms with Gasteiger partial charge in [-0.25, -0.2) is 13.8 Å². The maximum Gasteiger partial charge on any atom is 0.254 e. The molecule has 5 aromatic rings. The number of aromatic nitrogens is 4. The van der Waals surface area contributed by atoms with Crippen LogP contribution < -0.4 is 37.6 Å². The number of aliphatic hydroxyl groups is 1. The van der Waals surface area contributed by atoms with Crippen molar-refractivity contribution in [2.75, 3.05) is 39.3 Å². The molecule has 1 aliphatic rings. The average molecular weight is 1120 g/mol. The number of nitrogens with one attached hydrogen (secondary N) is 7. The molecule has 0 saturated heterocycles. The molecule has 0 radical (unpaired) electrons. The van der Waals surface area contributed by atoms with Gasteiger partial charge >= 0.3 is 0 Å². The third-order valence-electron chi connectivity index (χ3n) is 12.7. The van der Waals surface area contributed by atoms with Crippen LogP contribution in [0.25, 0.3) is 11.1 Å². The van der Waals surface area contributed by atoms with Crippen molar-refractivity contribution in [2.45, 2.75) is 77.2 Å². The van der Waals surface area contributed by atoms with Gasteiger partial charge in [0.1, 0.15) is 42.9 Å². The molecule has 0 spiro atoms. The van der Waals surface area contributed by atoms with Crippen molar-refractivity contribution < 1.29 is 61.8 Å². The van der Waals surface area contributed by atoms with E-state index in [1.54, 1.807) is 49.7 Å². The maximum atomic E-state index is 15.4. The third-order valence-corrected chi connectivity index (χ3v) is 12.7. The molecule has 10 N–H and O–H groups in total. The highest BCUT2D eigenvalue weighted by atomic mass is 19.1. The largest absolute Gasteiger partial charge is 0.387 e. The summed E-state index contributed by atoms with van der Waals surface area (Å²) in [6.45, 7) is 2.42. The van der Waals surface area contributed by atoms with Crippen molar-refractivity contribution in [2.24, 2.45) is 11.1 Å². The lowest BCUT2D eigenvalue weighted by Crippen LogP contribution is -2.59. The first-order valence-corrected chi connectivity index (χ1v) is 25.6. The monoisotopic (exact) mass is 1120 g/mol. The van der Waals surface area contributed by atoms with Gasteiger partial charge in [0, 0.05) is 92.1 Å². The molecule has 4 heterocycles. The fraction of sp³-hybridized carbons (Fsp3) is 0.345. The second kappa shape index (κ2) is 28.4. The summed E-state index contributed by atoms with van der Waals surface area (Å²) in [7, 11) is 0. The molecule has 0 aliphatic carbocycles. The summed E-state index contributed by atoms with van der Waals surface area (Å²) in [4.78, 5) is 145. The first kappa shape index (κ1) is 60.8. The SMILES string of the molecule is CC(C)(C)[C@H](c1cc(-c2cc(F)ccc2F)cn1Cc1ccccc1)N(CC[C@H](NC(=O)[C@H](CC(N)=O)NC(=O)[C@@H](Cc1cnc[nH]1)NC(=O)CNC(=O)Cc1ccncc1)C(=O)NCCNC(=O)CN1C(=O)C=CC1=O)C(=O)CO. The van der Waals surface area contributed by atoms with Gasteiger partial charge < -0.3 is 57.2 Å². The van der Waals surface area contributed by atoms with E-state index in [9.17, 15) is 57.4 Å². The van der Waals surface area contributed by atoms with Crippen LogP contribution in [0.15, 0.2) is 110 Å². The molecule has 0 bridgehead atoms. The third kappa shape index (κ3) is 17.8. The molecule has 0 saturated carbocycles. The predicted octanol–water partition coefficient (Wildman–Crippen LogP) is -0.0133. The van der Waals surface area contributed by atoms with E-state index in [1.807, 2.05) is 30.3 Å². The summed E-state index contributed by atoms with van der Waals surface area (Å²) in [6, 6.07) is 11.1. The summed E-state index contributed by atoms with van der Waals surface area (Å²) in [5.41, 5.74) is 7.04. The zero-order chi connectivity index (χ0) is 58.8. The molecule has 10 amide bonds. The Bertz CT molecular complexity index is 3100. The molecule has 6 rings (SSSR count). The Morgan fingerprint density at radius 2 is 1.44 bits per heavy atom. The summed E-state index contributed by atoms with van der Waals surface area (Å²) >= 11 is 0. The van der Waals surface area contributed by atoms with Crippen molar-refractivity contribution in [3.8, 4) is 11.1 Å². The van der Waals surface area contributed by atoms with Crippen molar-refractivity contribution in [1.82, 2.24) is 61.2 Å². The van der Waals surface area contributed by atoms with Gasteiger partial charge in [-0.15, -0.1) is 0 Å². The molecular formula is C55H63F2N13O11. The van der Waals surface area contributed by atoms with E-state index >= 15 is 4.39 Å². The van der Waals surface area contributed by atoms with Crippen LogP contribution in [0.2, 0.25) is 0 Å². The van der Waals surface area contributed by atoms with E-state index in [-0.39, 0.29) is 43.6 Å². The number of nitrogens with zero attached hydrogens (tertiary/aromatic N) is 5. The summed E-state index contributed by atoms with van der Waals surface area (Å²) in [5, 5.41) is 25.5. The van der Waals surface area contributed by atoms with Gasteiger partial charge in [0.05, 0.1) is 31.8 Å². The minimum Gasteiger partial charge on any atom is -0.387 e. The number of hydrogen-bond donors (Lipinski definition) is 9. The highest BCUT2D eigenvalue weighted by Gasteiger charge is 2.39. The van der Waals surface area contributed by atoms with Crippen LogP contribution in [0.1, 0.15) is 62.2 Å². The van der Waals surface area contributed by atoms with E-state index in [4.69, 9.17) is 5.73 Å². The molecule has 24 nitrogen and oxygen atoms in total. The molecular weight excluding hydrogens is 1060 g/mol. The number of benzene rings is 2. The zero-order valence-electron chi connectivity index (χ0n) is 44.6. The molecule has 81 heavy (non-hydrogen) atoms. The Hall–Kier alpha value is -9.46. The summed E-state index contributed by atoms with van der Waals surface area (Å²) < 4.78 is 31.9. The lowest BCUT2D eigenvalue weighted by molar-refractivity contribution is -0.141. The second-order valence-corrected chi connectivity index (χ2v) is 19.9. The van der Waals surface area contributed by atoms with Crippen LogP contribution in [-0.4, -0.2) is 151 Å². The molecule has 2 aromatic carbocycles. The van der Waals surface area contributed by atoms with E-state index in [1.165, 1.54) is 29.8 Å². The van der Waals surface area contributed by atoms with Crippen molar-refractivity contribution in [1.29, 1.82) is 0 Å². The van der Waals surface area contributed by atoms with Gasteiger partial charge in [0.2, 0.25) is 47.3 Å². The van der Waals surface area contributed by atoms with Crippen LogP contribution >= 0.6 is 0 Å². The number of imidazole rings is 1. The molecule has 428 valence electrons. The van der Waals surface area contributed by atoms with E-state index in [0.29, 0.717) is 21.9 Å². The molecule has 0 fully saturated rings. The first-order valence-electron chi connectivity index (χ1n) is 25.6. The fourth-order valence-corrected chi connectivity index (χ4v) is 8.89. The van der Waals surface area contributed by atoms with Crippen molar-refractivity contribution in [3.05, 3.63) is 144 Å². The lowest BCUT2D eigenvalue weighted by Gasteiger charge is -2.41. The van der Waals surface area contributed by atoms with Gasteiger partial charge in [0.25, 0.3) is 11.8 Å². The number of H-pyrrole nitrogens is 1. The van der Waals surface area contributed by atoms with Gasteiger partial charge in [0.15, 0.2) is 0 Å². The Kier molecular flexibility index (Phi) is 21.3. The fourth-order valence-electron chi connectivity index (χ4n) is 8.89. The zero-order valence-corrected chi connectivity index (χ0v) is 44.6. The number of nitrogens with two attached hydrogens (primary N) is 1. The molecule has 3 aromatic heterocycles. The number of rotatable bonds is 28. The number of pyridine rings is 1. The molecule has 26 heteroatoms. The topological polar surface area (TPSA) is 342 Å². The van der Waals surface area contributed by atoms with E-state index in [2.05, 4.69) is 46.9 Å². The highest BCUT2D eigenvalue weighted by Crippen LogP contribution is 2.41. The Morgan fingerprint density at radius 3 is 2.10 bits per heavy atom. The number of primary amides is 1. The maximum absolute atomic E-state index is 15.4. The van der Waals surface area contributed by atoms with Gasteiger partial charge in [-0.2, -0.15) is 0 Å². The second-order valence-electron chi connectivity index (χ2n) is 19.9. The Labute approximate surface area is 463 Å². The van der Waals surface area contributed by atoms with Crippen LogP contribution in [-0.2, 0) is 67.3 Å². The van der Waals surface area contributed by atoms with Crippen molar-refractivity contribution >= 4 is 59.1 Å². The number of hydrogen-bond acceptors (Lipinski definition) is 13. The Morgan fingerprint density at radius 1 is 0.765 bits per heavy atom. The minimum atomic E-state index is -1.81. The van der Waals surface area contributed by atoms with Crippen LogP contribution in [0.5, 0.6) is 0 Å². The number of halogens is 2. The predicted molar refractivity (Wildman–Crippen MR) is 286 cm³/mol. The highest BCUT2D eigenvalue weighted by molar-refractivity contribution is 6.14. The number of aliphatic hydroxyl groups excluding tert-OH is 1. The lowest BCUT2D eigenvalue weighted by atomic mass is 9.82. The van der Waals surface area contributed by atoms with Crippen LogP contribution in [0.3, 0.4) is 0 Å². The number of aromatic amines is 1. The Balaban J connectivity index is 1.27. The van der Waals surface area contributed by atoms with Crippen LogP contribution in [0, 0.1) is 17.0 Å². The average Bonchev–Trinajstić information content (AvgIpc) is 4.35. The van der Waals surface area contributed by atoms with Gasteiger partial charge in [-0.1, -0.05) is 51.1 Å². The molecule has 4 atom stereocenters. The van der Waals surface area contributed by atoms with Gasteiger partial charge in [-0.3, -0.25) is 57.8 Å². The van der Waals surface area contributed by atoms with E-state index in [0.717, 1.165) is 35.9 Å². The minimum absolute atomic E-state index is 0.0738. The first-order chi connectivity index (χ1) is 38.6. The van der Waals surface area contributed by atoms with Crippen LogP contribution in [0.4, 0.5) is 8.78 Å². The number of carbonyl (C=O) groups is 10. The van der Waals surface area contributed by atoms with Crippen molar-refractivity contribution in [3.63, 3.8) is 0 Å². The number of imide groups is 1. The van der Waals surface area contributed by atoms with E-state index < -0.39 is 139 Å². The summed E-state index contributed by atoms with van der Waals surface area (Å²) in [5.74, 6) is -9.85.